The van der Waals surface area contributed by atoms with Crippen molar-refractivity contribution in [3.8, 4) is 0 Å². The Kier molecular flexibility index (Phi) is 3.95. The predicted molar refractivity (Wildman–Crippen MR) is 79.2 cm³/mol. The maximum absolute atomic E-state index is 12.0. The molecule has 2 heterocycles. The fraction of sp³-hybridized carbons (Fsp3) is 0. The Morgan fingerprint density at radius 2 is 2.06 bits per heavy atom. The van der Waals surface area contributed by atoms with E-state index in [2.05, 4.69) is 41.6 Å². The molecule has 0 bridgehead atoms. The van der Waals surface area contributed by atoms with Crippen molar-refractivity contribution in [1.29, 1.82) is 0 Å². The van der Waals surface area contributed by atoms with E-state index in [-0.39, 0.29) is 10.0 Å². The lowest BCUT2D eigenvalue weighted by Crippen LogP contribution is -2.13. The van der Waals surface area contributed by atoms with Gasteiger partial charge in [-0.1, -0.05) is 0 Å². The van der Waals surface area contributed by atoms with Gasteiger partial charge in [-0.3, -0.25) is 4.72 Å². The SMILES string of the molecule is Nc1cnc(NS(=O)(=O)c2ccc(Br)s2)c(Br)c1. The molecule has 0 aliphatic rings. The summed E-state index contributed by atoms with van der Waals surface area (Å²) in [4.78, 5) is 3.93. The van der Waals surface area contributed by atoms with Crippen LogP contribution in [0.4, 0.5) is 11.5 Å². The second-order valence-corrected chi connectivity index (χ2v) is 8.49. The minimum atomic E-state index is -3.62. The number of nitrogens with zero attached hydrogens (tertiary/aromatic N) is 1. The first-order chi connectivity index (χ1) is 8.38. The summed E-state index contributed by atoms with van der Waals surface area (Å²) in [5.74, 6) is 0.203. The van der Waals surface area contributed by atoms with Gasteiger partial charge in [-0.15, -0.1) is 11.3 Å². The molecule has 0 aromatic carbocycles. The van der Waals surface area contributed by atoms with Gasteiger partial charge in [-0.25, -0.2) is 13.4 Å². The summed E-state index contributed by atoms with van der Waals surface area (Å²) >= 11 is 7.54. The Labute approximate surface area is 125 Å². The first-order valence-corrected chi connectivity index (χ1v) is 8.46. The van der Waals surface area contributed by atoms with E-state index in [4.69, 9.17) is 5.73 Å². The molecule has 0 saturated heterocycles. The topological polar surface area (TPSA) is 85.1 Å². The molecule has 2 rings (SSSR count). The molecule has 3 N–H and O–H groups in total. The first-order valence-electron chi connectivity index (χ1n) is 4.57. The van der Waals surface area contributed by atoms with Crippen molar-refractivity contribution in [2.45, 2.75) is 4.21 Å². The lowest BCUT2D eigenvalue weighted by Gasteiger charge is -2.07. The second-order valence-electron chi connectivity index (χ2n) is 3.26. The molecule has 0 unspecified atom stereocenters. The standard InChI is InChI=1S/C9H7Br2N3O2S2/c10-6-3-5(12)4-13-9(6)14-18(15,16)8-2-1-7(11)17-8/h1-4H,12H2,(H,13,14). The van der Waals surface area contributed by atoms with Gasteiger partial charge in [0.15, 0.2) is 5.82 Å². The number of thiophene rings is 1. The molecule has 2 aromatic heterocycles. The predicted octanol–water partition coefficient (Wildman–Crippen LogP) is 3.05. The fourth-order valence-electron chi connectivity index (χ4n) is 1.15. The van der Waals surface area contributed by atoms with Crippen molar-refractivity contribution in [2.75, 3.05) is 10.5 Å². The highest BCUT2D eigenvalue weighted by Crippen LogP contribution is 2.29. The molecular weight excluding hydrogens is 406 g/mol. The van der Waals surface area contributed by atoms with Gasteiger partial charge >= 0.3 is 0 Å². The number of nitrogen functional groups attached to an aromatic ring is 1. The van der Waals surface area contributed by atoms with E-state index in [1.54, 1.807) is 12.1 Å². The van der Waals surface area contributed by atoms with E-state index < -0.39 is 10.0 Å². The Morgan fingerprint density at radius 3 is 2.61 bits per heavy atom. The van der Waals surface area contributed by atoms with Gasteiger partial charge in [0.1, 0.15) is 4.21 Å². The van der Waals surface area contributed by atoms with E-state index in [0.29, 0.717) is 10.2 Å². The van der Waals surface area contributed by atoms with Crippen molar-refractivity contribution in [3.05, 3.63) is 32.7 Å². The lowest BCUT2D eigenvalue weighted by atomic mass is 10.4. The molecule has 0 spiro atoms. The van der Waals surface area contributed by atoms with Gasteiger partial charge < -0.3 is 5.73 Å². The average Bonchev–Trinajstić information content (AvgIpc) is 2.70. The molecule has 18 heavy (non-hydrogen) atoms. The zero-order chi connectivity index (χ0) is 13.3. The van der Waals surface area contributed by atoms with Crippen LogP contribution in [-0.2, 0) is 10.0 Å². The molecule has 5 nitrogen and oxygen atoms in total. The molecule has 96 valence electrons. The van der Waals surface area contributed by atoms with Crippen LogP contribution in [0.2, 0.25) is 0 Å². The Morgan fingerprint density at radius 1 is 1.33 bits per heavy atom. The molecule has 0 radical (unpaired) electrons. The van der Waals surface area contributed by atoms with Crippen LogP contribution in [0, 0.1) is 0 Å². The molecule has 0 atom stereocenters. The maximum Gasteiger partial charge on any atom is 0.272 e. The van der Waals surface area contributed by atoms with Crippen LogP contribution in [0.5, 0.6) is 0 Å². The highest BCUT2D eigenvalue weighted by atomic mass is 79.9. The molecule has 0 amide bonds. The number of nitrogens with two attached hydrogens (primary N) is 1. The molecule has 2 aromatic rings. The van der Waals surface area contributed by atoms with Crippen LogP contribution < -0.4 is 10.5 Å². The molecule has 9 heteroatoms. The zero-order valence-electron chi connectivity index (χ0n) is 8.72. The summed E-state index contributed by atoms with van der Waals surface area (Å²) in [5, 5.41) is 0. The largest absolute Gasteiger partial charge is 0.397 e. The van der Waals surface area contributed by atoms with Crippen molar-refractivity contribution >= 4 is 64.7 Å². The van der Waals surface area contributed by atoms with E-state index in [9.17, 15) is 8.42 Å². The summed E-state index contributed by atoms with van der Waals surface area (Å²) in [6.45, 7) is 0. The molecule has 0 aliphatic heterocycles. The van der Waals surface area contributed by atoms with Gasteiger partial charge in [0.25, 0.3) is 10.0 Å². The zero-order valence-corrected chi connectivity index (χ0v) is 13.5. The van der Waals surface area contributed by atoms with Gasteiger partial charge in [0, 0.05) is 0 Å². The highest BCUT2D eigenvalue weighted by Gasteiger charge is 2.18. The third kappa shape index (κ3) is 3.02. The van der Waals surface area contributed by atoms with Crippen molar-refractivity contribution in [1.82, 2.24) is 4.98 Å². The third-order valence-corrected chi connectivity index (χ3v) is 5.97. The van der Waals surface area contributed by atoms with Gasteiger partial charge in [0.2, 0.25) is 0 Å². The monoisotopic (exact) mass is 411 g/mol. The number of nitrogens with one attached hydrogen (secondary N) is 1. The smallest absolute Gasteiger partial charge is 0.272 e. The number of hydrogen-bond acceptors (Lipinski definition) is 5. The number of anilines is 2. The molecule has 0 fully saturated rings. The van der Waals surface area contributed by atoms with Gasteiger partial charge in [-0.2, -0.15) is 0 Å². The van der Waals surface area contributed by atoms with Crippen LogP contribution in [0.25, 0.3) is 0 Å². The first kappa shape index (κ1) is 13.8. The Bertz CT molecular complexity index is 685. The third-order valence-electron chi connectivity index (χ3n) is 1.91. The van der Waals surface area contributed by atoms with Crippen LogP contribution in [0.15, 0.2) is 36.9 Å². The molecule has 0 aliphatic carbocycles. The van der Waals surface area contributed by atoms with Crippen LogP contribution >= 0.6 is 43.2 Å². The Hall–Kier alpha value is -0.640. The number of rotatable bonds is 3. The lowest BCUT2D eigenvalue weighted by molar-refractivity contribution is 0.603. The van der Waals surface area contributed by atoms with E-state index in [1.807, 2.05) is 0 Å². The molecule has 0 saturated carbocycles. The summed E-state index contributed by atoms with van der Waals surface area (Å²) in [7, 11) is -3.62. The highest BCUT2D eigenvalue weighted by molar-refractivity contribution is 9.11. The summed E-state index contributed by atoms with van der Waals surface area (Å²) in [6, 6.07) is 4.77. The van der Waals surface area contributed by atoms with Crippen LogP contribution in [0.1, 0.15) is 0 Å². The number of pyridine rings is 1. The minimum Gasteiger partial charge on any atom is -0.397 e. The van der Waals surface area contributed by atoms with Crippen molar-refractivity contribution < 1.29 is 8.42 Å². The summed E-state index contributed by atoms with van der Waals surface area (Å²) < 4.78 is 27.9. The quantitative estimate of drug-likeness (QED) is 0.811. The number of hydrogen-bond donors (Lipinski definition) is 2. The Balaban J connectivity index is 2.33. The number of halogens is 2. The second kappa shape index (κ2) is 5.16. The fourth-order valence-corrected chi connectivity index (χ4v) is 4.78. The summed E-state index contributed by atoms with van der Waals surface area (Å²) in [6.07, 6.45) is 1.38. The normalized spacial score (nSPS) is 11.4. The van der Waals surface area contributed by atoms with Gasteiger partial charge in [-0.05, 0) is 50.1 Å². The minimum absolute atomic E-state index is 0.203. The van der Waals surface area contributed by atoms with Gasteiger partial charge in [0.05, 0.1) is 20.1 Å². The van der Waals surface area contributed by atoms with E-state index >= 15 is 0 Å². The van der Waals surface area contributed by atoms with Crippen LogP contribution in [0.3, 0.4) is 0 Å². The summed E-state index contributed by atoms with van der Waals surface area (Å²) in [5.41, 5.74) is 5.98. The maximum atomic E-state index is 12.0. The van der Waals surface area contributed by atoms with Crippen LogP contribution in [-0.4, -0.2) is 13.4 Å². The van der Waals surface area contributed by atoms with Crippen molar-refractivity contribution in [3.63, 3.8) is 0 Å². The number of sulfonamides is 1. The average molecular weight is 413 g/mol. The van der Waals surface area contributed by atoms with E-state index in [1.165, 1.54) is 12.3 Å². The van der Waals surface area contributed by atoms with Crippen molar-refractivity contribution in [2.24, 2.45) is 0 Å². The van der Waals surface area contributed by atoms with E-state index in [0.717, 1.165) is 15.1 Å². The molecular formula is C9H7Br2N3O2S2. The number of aromatic nitrogens is 1.